The van der Waals surface area contributed by atoms with Crippen LogP contribution < -0.4 is 19.1 Å². The zero-order chi connectivity index (χ0) is 27.1. The van der Waals surface area contributed by atoms with Crippen molar-refractivity contribution in [1.29, 1.82) is 0 Å². The second-order valence-corrected chi connectivity index (χ2v) is 9.94. The number of amides is 1. The summed E-state index contributed by atoms with van der Waals surface area (Å²) in [7, 11) is 4.57. The number of fused-ring (bicyclic) bond motifs is 1. The lowest BCUT2D eigenvalue weighted by Gasteiger charge is -2.25. The number of carbonyl (C=O) groups excluding carboxylic acids is 2. The molecule has 0 unspecified atom stereocenters. The molecule has 1 aromatic heterocycles. The lowest BCUT2D eigenvalue weighted by atomic mass is 9.94. The smallest absolute Gasteiger partial charge is 0.301 e. The van der Waals surface area contributed by atoms with E-state index in [0.717, 1.165) is 21.3 Å². The van der Waals surface area contributed by atoms with Gasteiger partial charge in [0.25, 0.3) is 5.78 Å². The highest BCUT2D eigenvalue weighted by molar-refractivity contribution is 7.22. The van der Waals surface area contributed by atoms with Gasteiger partial charge in [-0.3, -0.25) is 14.5 Å². The van der Waals surface area contributed by atoms with Crippen molar-refractivity contribution < 1.29 is 28.9 Å². The van der Waals surface area contributed by atoms with Gasteiger partial charge in [0.05, 0.1) is 37.1 Å². The molecule has 1 N–H and O–H groups in total. The third-order valence-electron chi connectivity index (χ3n) is 6.56. The molecular formula is C29H26N2O6S. The Bertz CT molecular complexity index is 1610. The van der Waals surface area contributed by atoms with Crippen LogP contribution in [0.4, 0.5) is 5.13 Å². The maximum absolute atomic E-state index is 13.6. The number of aryl methyl sites for hydroxylation is 2. The molecule has 1 aliphatic rings. The first-order valence-corrected chi connectivity index (χ1v) is 12.6. The summed E-state index contributed by atoms with van der Waals surface area (Å²) in [5.74, 6) is -0.392. The lowest BCUT2D eigenvalue weighted by Crippen LogP contribution is -2.29. The van der Waals surface area contributed by atoms with E-state index >= 15 is 0 Å². The highest BCUT2D eigenvalue weighted by Crippen LogP contribution is 2.47. The van der Waals surface area contributed by atoms with Crippen LogP contribution in [-0.2, 0) is 9.59 Å². The van der Waals surface area contributed by atoms with Crippen LogP contribution in [0, 0.1) is 13.8 Å². The van der Waals surface area contributed by atoms with Gasteiger partial charge in [-0.2, -0.15) is 0 Å². The number of hydrogen-bond donors (Lipinski definition) is 1. The summed E-state index contributed by atoms with van der Waals surface area (Å²) in [6.45, 7) is 3.95. The molecule has 194 valence electrons. The average Bonchev–Trinajstić information content (AvgIpc) is 3.46. The Kier molecular flexibility index (Phi) is 6.54. The second kappa shape index (κ2) is 9.83. The fourth-order valence-electron chi connectivity index (χ4n) is 4.74. The highest BCUT2D eigenvalue weighted by atomic mass is 32.1. The van der Waals surface area contributed by atoms with Crippen molar-refractivity contribution in [3.05, 3.63) is 82.4 Å². The number of thiazole rings is 1. The van der Waals surface area contributed by atoms with E-state index in [9.17, 15) is 14.7 Å². The van der Waals surface area contributed by atoms with Gasteiger partial charge in [0.15, 0.2) is 5.13 Å². The summed E-state index contributed by atoms with van der Waals surface area (Å²) < 4.78 is 17.2. The van der Waals surface area contributed by atoms with E-state index in [1.807, 2.05) is 26.0 Å². The molecule has 4 aromatic rings. The van der Waals surface area contributed by atoms with Crippen molar-refractivity contribution in [3.63, 3.8) is 0 Å². The van der Waals surface area contributed by atoms with E-state index in [2.05, 4.69) is 0 Å². The standard InChI is InChI=1S/C29H26N2O6S/c1-15-12-16(2)24-22(13-15)38-29(30-24)31-25(20-14-19(36-4)10-11-21(20)37-5)23(27(33)28(31)34)26(32)17-6-8-18(35-3)9-7-17/h6-14,25,32H,1-5H3/b26-23+/t25-/m0/s1. The Morgan fingerprint density at radius 1 is 0.921 bits per heavy atom. The van der Waals surface area contributed by atoms with Crippen molar-refractivity contribution in [2.75, 3.05) is 26.2 Å². The number of ketones is 1. The van der Waals surface area contributed by atoms with Crippen molar-refractivity contribution in [3.8, 4) is 17.2 Å². The molecule has 0 spiro atoms. The van der Waals surface area contributed by atoms with Crippen molar-refractivity contribution in [1.82, 2.24) is 4.98 Å². The Labute approximate surface area is 223 Å². The topological polar surface area (TPSA) is 98.2 Å². The summed E-state index contributed by atoms with van der Waals surface area (Å²) in [5.41, 5.74) is 3.56. The van der Waals surface area contributed by atoms with E-state index in [1.54, 1.807) is 42.5 Å². The van der Waals surface area contributed by atoms with E-state index < -0.39 is 17.7 Å². The van der Waals surface area contributed by atoms with Crippen LogP contribution >= 0.6 is 11.3 Å². The largest absolute Gasteiger partial charge is 0.507 e. The van der Waals surface area contributed by atoms with Crippen molar-refractivity contribution in [2.24, 2.45) is 0 Å². The van der Waals surface area contributed by atoms with Gasteiger partial charge in [0, 0.05) is 11.1 Å². The minimum Gasteiger partial charge on any atom is -0.507 e. The lowest BCUT2D eigenvalue weighted by molar-refractivity contribution is -0.132. The number of carbonyl (C=O) groups is 2. The maximum atomic E-state index is 13.6. The molecule has 3 aromatic carbocycles. The number of methoxy groups -OCH3 is 3. The van der Waals surface area contributed by atoms with Gasteiger partial charge >= 0.3 is 5.91 Å². The molecule has 1 saturated heterocycles. The van der Waals surface area contributed by atoms with E-state index in [0.29, 0.717) is 33.5 Å². The molecule has 0 saturated carbocycles. The summed E-state index contributed by atoms with van der Waals surface area (Å²) in [6.07, 6.45) is 0. The number of aliphatic hydroxyl groups excluding tert-OH is 1. The Balaban J connectivity index is 1.78. The molecule has 1 aliphatic heterocycles. The van der Waals surface area contributed by atoms with Crippen LogP contribution in [0.5, 0.6) is 17.2 Å². The van der Waals surface area contributed by atoms with Gasteiger partial charge in [-0.15, -0.1) is 0 Å². The number of ether oxygens (including phenoxy) is 3. The fraction of sp³-hybridized carbons (Fsp3) is 0.207. The van der Waals surface area contributed by atoms with Crippen LogP contribution in [0.2, 0.25) is 0 Å². The predicted octanol–water partition coefficient (Wildman–Crippen LogP) is 5.57. The van der Waals surface area contributed by atoms with E-state index in [4.69, 9.17) is 19.2 Å². The Morgan fingerprint density at radius 2 is 1.61 bits per heavy atom. The minimum absolute atomic E-state index is 0.0705. The number of aliphatic hydroxyl groups is 1. The number of hydrogen-bond acceptors (Lipinski definition) is 8. The summed E-state index contributed by atoms with van der Waals surface area (Å²) in [5, 5.41) is 11.8. The molecule has 0 radical (unpaired) electrons. The second-order valence-electron chi connectivity index (χ2n) is 8.93. The van der Waals surface area contributed by atoms with Crippen LogP contribution in [0.25, 0.3) is 16.0 Å². The van der Waals surface area contributed by atoms with Crippen LogP contribution in [0.15, 0.2) is 60.2 Å². The van der Waals surface area contributed by atoms with E-state index in [1.165, 1.54) is 37.6 Å². The van der Waals surface area contributed by atoms with Gasteiger partial charge in [0.1, 0.15) is 29.0 Å². The monoisotopic (exact) mass is 530 g/mol. The molecule has 38 heavy (non-hydrogen) atoms. The summed E-state index contributed by atoms with van der Waals surface area (Å²) in [6, 6.07) is 14.7. The SMILES string of the molecule is COc1ccc(/C(O)=C2\C(=O)C(=O)N(c3nc4c(C)cc(C)cc4s3)[C@H]2c2cc(OC)ccc2OC)cc1. The number of benzene rings is 3. The maximum Gasteiger partial charge on any atom is 0.301 e. The summed E-state index contributed by atoms with van der Waals surface area (Å²) >= 11 is 1.31. The van der Waals surface area contributed by atoms with Crippen LogP contribution in [-0.4, -0.2) is 43.1 Å². The highest BCUT2D eigenvalue weighted by Gasteiger charge is 2.49. The quantitative estimate of drug-likeness (QED) is 0.198. The van der Waals surface area contributed by atoms with Gasteiger partial charge in [-0.05, 0) is 73.5 Å². The Hall–Kier alpha value is -4.37. The Morgan fingerprint density at radius 3 is 2.26 bits per heavy atom. The third kappa shape index (κ3) is 4.14. The zero-order valence-electron chi connectivity index (χ0n) is 21.6. The molecule has 5 rings (SSSR count). The zero-order valence-corrected chi connectivity index (χ0v) is 22.4. The van der Waals surface area contributed by atoms with Crippen LogP contribution in [0.3, 0.4) is 0 Å². The predicted molar refractivity (Wildman–Crippen MR) is 146 cm³/mol. The van der Waals surface area contributed by atoms with Gasteiger partial charge in [0.2, 0.25) is 0 Å². The minimum atomic E-state index is -1.01. The molecule has 1 atom stereocenters. The van der Waals surface area contributed by atoms with Crippen LogP contribution in [0.1, 0.15) is 28.3 Å². The number of rotatable bonds is 6. The average molecular weight is 531 g/mol. The molecule has 1 fully saturated rings. The first kappa shape index (κ1) is 25.3. The molecule has 1 amide bonds. The van der Waals surface area contributed by atoms with Gasteiger partial charge < -0.3 is 19.3 Å². The number of aromatic nitrogens is 1. The third-order valence-corrected chi connectivity index (χ3v) is 7.57. The van der Waals surface area contributed by atoms with Gasteiger partial charge in [-0.1, -0.05) is 17.4 Å². The van der Waals surface area contributed by atoms with E-state index in [-0.39, 0.29) is 11.3 Å². The first-order chi connectivity index (χ1) is 18.3. The molecule has 8 nitrogen and oxygen atoms in total. The van der Waals surface area contributed by atoms with Crippen molar-refractivity contribution >= 4 is 44.1 Å². The molecule has 9 heteroatoms. The van der Waals surface area contributed by atoms with Gasteiger partial charge in [-0.25, -0.2) is 4.98 Å². The first-order valence-electron chi connectivity index (χ1n) is 11.8. The number of anilines is 1. The van der Waals surface area contributed by atoms with Crippen molar-refractivity contribution in [2.45, 2.75) is 19.9 Å². The molecule has 0 bridgehead atoms. The molecule has 2 heterocycles. The molecular weight excluding hydrogens is 504 g/mol. The normalized spacial score (nSPS) is 16.8. The molecule has 0 aliphatic carbocycles. The number of nitrogens with zero attached hydrogens (tertiary/aromatic N) is 2. The summed E-state index contributed by atoms with van der Waals surface area (Å²) in [4.78, 5) is 33.3. The fourth-order valence-corrected chi connectivity index (χ4v) is 5.91. The number of Topliss-reactive ketones (excluding diaryl/α,β-unsaturated/α-hetero) is 1.